The van der Waals surface area contributed by atoms with E-state index in [9.17, 15) is 14.7 Å². The number of para-hydroxylation sites is 1. The van der Waals surface area contributed by atoms with Gasteiger partial charge in [-0.2, -0.15) is 0 Å². The fraction of sp³-hybridized carbons (Fsp3) is 0.0476. The lowest BCUT2D eigenvalue weighted by Gasteiger charge is -2.24. The first-order valence-electron chi connectivity index (χ1n) is 8.13. The zero-order valence-electron chi connectivity index (χ0n) is 13.7. The van der Waals surface area contributed by atoms with Crippen molar-refractivity contribution in [2.45, 2.75) is 6.04 Å². The van der Waals surface area contributed by atoms with E-state index in [2.05, 4.69) is 0 Å². The lowest BCUT2D eigenvalue weighted by atomic mass is 10.00. The van der Waals surface area contributed by atoms with Crippen LogP contribution in [0.25, 0.3) is 5.76 Å². The number of aliphatic hydroxyl groups excluding tert-OH is 1. The van der Waals surface area contributed by atoms with E-state index in [4.69, 9.17) is 0 Å². The summed E-state index contributed by atoms with van der Waals surface area (Å²) in [6.07, 6.45) is 0. The smallest absolute Gasteiger partial charge is 0.300 e. The van der Waals surface area contributed by atoms with E-state index in [0.29, 0.717) is 11.3 Å². The average Bonchev–Trinajstić information content (AvgIpc) is 3.30. The number of hydrogen-bond acceptors (Lipinski definition) is 4. The van der Waals surface area contributed by atoms with E-state index < -0.39 is 17.7 Å². The first kappa shape index (κ1) is 16.3. The summed E-state index contributed by atoms with van der Waals surface area (Å²) in [6.45, 7) is 0. The van der Waals surface area contributed by atoms with Gasteiger partial charge in [0.05, 0.1) is 5.57 Å². The minimum atomic E-state index is -0.673. The second kappa shape index (κ2) is 6.61. The zero-order valence-corrected chi connectivity index (χ0v) is 14.5. The number of ketones is 1. The van der Waals surface area contributed by atoms with Crippen LogP contribution in [0, 0.1) is 0 Å². The number of thiophene rings is 1. The molecule has 1 N–H and O–H groups in total. The molecule has 0 aliphatic carbocycles. The topological polar surface area (TPSA) is 57.6 Å². The van der Waals surface area contributed by atoms with Gasteiger partial charge in [0, 0.05) is 16.1 Å². The maximum Gasteiger partial charge on any atom is 0.300 e. The molecule has 1 aliphatic rings. The third-order valence-corrected chi connectivity index (χ3v) is 5.26. The maximum absolute atomic E-state index is 12.8. The maximum atomic E-state index is 12.8. The van der Waals surface area contributed by atoms with Crippen molar-refractivity contribution in [2.24, 2.45) is 0 Å². The molecule has 5 heteroatoms. The number of rotatable bonds is 3. The van der Waals surface area contributed by atoms with Gasteiger partial charge in [0.2, 0.25) is 0 Å². The molecule has 0 bridgehead atoms. The Bertz CT molecular complexity index is 979. The number of carbonyl (C=O) groups excluding carboxylic acids is 2. The molecule has 0 saturated carbocycles. The number of amides is 1. The van der Waals surface area contributed by atoms with Gasteiger partial charge in [0.15, 0.2) is 0 Å². The van der Waals surface area contributed by atoms with Crippen LogP contribution in [0.3, 0.4) is 0 Å². The molecule has 1 atom stereocenters. The van der Waals surface area contributed by atoms with Crippen LogP contribution >= 0.6 is 11.3 Å². The minimum Gasteiger partial charge on any atom is -0.507 e. The van der Waals surface area contributed by atoms with Gasteiger partial charge in [-0.15, -0.1) is 11.3 Å². The Hall–Kier alpha value is -3.18. The van der Waals surface area contributed by atoms with E-state index >= 15 is 0 Å². The molecule has 1 amide bonds. The van der Waals surface area contributed by atoms with Gasteiger partial charge in [-0.25, -0.2) is 0 Å². The van der Waals surface area contributed by atoms with Gasteiger partial charge < -0.3 is 5.11 Å². The van der Waals surface area contributed by atoms with Gasteiger partial charge in [0.1, 0.15) is 11.8 Å². The molecule has 3 aromatic rings. The summed E-state index contributed by atoms with van der Waals surface area (Å²) in [5.74, 6) is -1.46. The SMILES string of the molecule is O=C1C(=O)N(c2ccccc2)C(c2cccs2)/C1=C(/O)c1ccccc1. The Kier molecular flexibility index (Phi) is 4.14. The minimum absolute atomic E-state index is 0.118. The molecule has 1 unspecified atom stereocenters. The third kappa shape index (κ3) is 2.62. The summed E-state index contributed by atoms with van der Waals surface area (Å²) in [6, 6.07) is 21.0. The van der Waals surface area contributed by atoms with Crippen molar-refractivity contribution in [1.82, 2.24) is 0 Å². The summed E-state index contributed by atoms with van der Waals surface area (Å²) >= 11 is 1.45. The molecule has 1 saturated heterocycles. The molecule has 4 nitrogen and oxygen atoms in total. The van der Waals surface area contributed by atoms with Gasteiger partial charge in [-0.3, -0.25) is 14.5 Å². The van der Waals surface area contributed by atoms with Crippen LogP contribution in [0.5, 0.6) is 0 Å². The second-order valence-electron chi connectivity index (χ2n) is 5.89. The summed E-state index contributed by atoms with van der Waals surface area (Å²) in [5.41, 5.74) is 1.26. The number of Topliss-reactive ketones (excluding diaryl/α,β-unsaturated/α-hetero) is 1. The van der Waals surface area contributed by atoms with Crippen molar-refractivity contribution >= 4 is 34.5 Å². The Morgan fingerprint density at radius 2 is 1.54 bits per heavy atom. The Morgan fingerprint density at radius 1 is 0.885 bits per heavy atom. The van der Waals surface area contributed by atoms with Crippen molar-refractivity contribution in [3.8, 4) is 0 Å². The molecule has 128 valence electrons. The van der Waals surface area contributed by atoms with Crippen molar-refractivity contribution in [3.05, 3.63) is 94.2 Å². The zero-order chi connectivity index (χ0) is 18.1. The molecular formula is C21H15NO3S. The molecule has 1 fully saturated rings. The monoisotopic (exact) mass is 361 g/mol. The molecular weight excluding hydrogens is 346 g/mol. The van der Waals surface area contributed by atoms with Crippen LogP contribution in [0.2, 0.25) is 0 Å². The predicted molar refractivity (Wildman–Crippen MR) is 102 cm³/mol. The first-order chi connectivity index (χ1) is 12.7. The quantitative estimate of drug-likeness (QED) is 0.428. The highest BCUT2D eigenvalue weighted by molar-refractivity contribution is 7.10. The molecule has 4 rings (SSSR count). The number of nitrogens with zero attached hydrogens (tertiary/aromatic N) is 1. The highest BCUT2D eigenvalue weighted by Gasteiger charge is 2.47. The molecule has 2 heterocycles. The summed E-state index contributed by atoms with van der Waals surface area (Å²) in [5, 5.41) is 12.7. The first-order valence-corrected chi connectivity index (χ1v) is 9.01. The predicted octanol–water partition coefficient (Wildman–Crippen LogP) is 4.37. The average molecular weight is 361 g/mol. The fourth-order valence-electron chi connectivity index (χ4n) is 3.15. The van der Waals surface area contributed by atoms with Crippen molar-refractivity contribution in [1.29, 1.82) is 0 Å². The van der Waals surface area contributed by atoms with E-state index in [-0.39, 0.29) is 11.3 Å². The van der Waals surface area contributed by atoms with E-state index in [1.807, 2.05) is 41.8 Å². The summed E-state index contributed by atoms with van der Waals surface area (Å²) in [7, 11) is 0. The number of hydrogen-bond donors (Lipinski definition) is 1. The molecule has 2 aromatic carbocycles. The van der Waals surface area contributed by atoms with E-state index in [1.54, 1.807) is 36.4 Å². The second-order valence-corrected chi connectivity index (χ2v) is 6.87. The van der Waals surface area contributed by atoms with E-state index in [1.165, 1.54) is 16.2 Å². The van der Waals surface area contributed by atoms with Crippen LogP contribution in [0.15, 0.2) is 83.7 Å². The highest BCUT2D eigenvalue weighted by Crippen LogP contribution is 2.43. The van der Waals surface area contributed by atoms with E-state index in [0.717, 1.165) is 4.88 Å². The van der Waals surface area contributed by atoms with Gasteiger partial charge in [-0.1, -0.05) is 54.6 Å². The Morgan fingerprint density at radius 3 is 2.15 bits per heavy atom. The number of benzene rings is 2. The van der Waals surface area contributed by atoms with Crippen molar-refractivity contribution in [3.63, 3.8) is 0 Å². The van der Waals surface area contributed by atoms with Crippen LogP contribution in [-0.4, -0.2) is 16.8 Å². The molecule has 0 spiro atoms. The van der Waals surface area contributed by atoms with Gasteiger partial charge in [0.25, 0.3) is 11.7 Å². The standard InChI is InChI=1S/C21H15NO3S/c23-19(14-8-3-1-4-9-14)17-18(16-12-7-13-26-16)22(21(25)20(17)24)15-10-5-2-6-11-15/h1-13,18,23H/b19-17-. The normalized spacial score (nSPS) is 19.1. The van der Waals surface area contributed by atoms with Crippen LogP contribution in [0.1, 0.15) is 16.5 Å². The number of carbonyl (C=O) groups is 2. The Balaban J connectivity index is 1.94. The van der Waals surface area contributed by atoms with Gasteiger partial charge >= 0.3 is 0 Å². The molecule has 0 radical (unpaired) electrons. The molecule has 1 aliphatic heterocycles. The third-order valence-electron chi connectivity index (χ3n) is 4.34. The van der Waals surface area contributed by atoms with Crippen LogP contribution in [0.4, 0.5) is 5.69 Å². The highest BCUT2D eigenvalue weighted by atomic mass is 32.1. The fourth-order valence-corrected chi connectivity index (χ4v) is 3.98. The summed E-state index contributed by atoms with van der Waals surface area (Å²) < 4.78 is 0. The number of anilines is 1. The summed E-state index contributed by atoms with van der Waals surface area (Å²) in [4.78, 5) is 27.9. The van der Waals surface area contributed by atoms with Crippen LogP contribution < -0.4 is 4.90 Å². The lowest BCUT2D eigenvalue weighted by molar-refractivity contribution is -0.132. The largest absolute Gasteiger partial charge is 0.507 e. The molecule has 26 heavy (non-hydrogen) atoms. The molecule has 1 aromatic heterocycles. The van der Waals surface area contributed by atoms with Gasteiger partial charge in [-0.05, 0) is 23.6 Å². The lowest BCUT2D eigenvalue weighted by Crippen LogP contribution is -2.28. The number of aliphatic hydroxyl groups is 1. The Labute approximate surface area is 154 Å². The van der Waals surface area contributed by atoms with Crippen LogP contribution in [-0.2, 0) is 9.59 Å². The van der Waals surface area contributed by atoms with Crippen molar-refractivity contribution in [2.75, 3.05) is 4.90 Å². The van der Waals surface area contributed by atoms with Crippen molar-refractivity contribution < 1.29 is 14.7 Å².